The molecule has 1 aromatic carbocycles. The van der Waals surface area contributed by atoms with E-state index in [1.165, 1.54) is 11.1 Å². The lowest BCUT2D eigenvalue weighted by Crippen LogP contribution is -2.05. The van der Waals surface area contributed by atoms with E-state index in [1.54, 1.807) is 0 Å². The number of benzene rings is 1. The lowest BCUT2D eigenvalue weighted by Gasteiger charge is -2.08. The molecule has 0 radical (unpaired) electrons. The summed E-state index contributed by atoms with van der Waals surface area (Å²) in [5, 5.41) is 0. The summed E-state index contributed by atoms with van der Waals surface area (Å²) in [6.45, 7) is 4.89. The van der Waals surface area contributed by atoms with Gasteiger partial charge in [0.25, 0.3) is 0 Å². The second-order valence-corrected chi connectivity index (χ2v) is 4.16. The Labute approximate surface area is 89.9 Å². The highest BCUT2D eigenvalue weighted by molar-refractivity contribution is 5.80. The number of hydrogen-bond donors (Lipinski definition) is 1. The fraction of sp³-hybridized carbons (Fsp3) is 0.417. The molecular formula is C12H17N3. The van der Waals surface area contributed by atoms with Crippen LogP contribution in [0.15, 0.2) is 18.2 Å². The number of aromatic nitrogens is 2. The molecule has 0 aliphatic carbocycles. The van der Waals surface area contributed by atoms with Gasteiger partial charge in [-0.05, 0) is 17.5 Å². The number of imidazole rings is 1. The normalized spacial score (nSPS) is 11.5. The summed E-state index contributed by atoms with van der Waals surface area (Å²) < 4.78 is 2.10. The minimum Gasteiger partial charge on any atom is -0.330 e. The minimum absolute atomic E-state index is 0.489. The standard InChI is InChI=1S/C12H17N3/c1-8(2)9-5-4-6-10-12(9)15(3)11(7-13)14-10/h4-6,8H,7,13H2,1-3H3. The first-order valence-electron chi connectivity index (χ1n) is 5.29. The Morgan fingerprint density at radius 2 is 2.13 bits per heavy atom. The van der Waals surface area contributed by atoms with E-state index in [-0.39, 0.29) is 0 Å². The summed E-state index contributed by atoms with van der Waals surface area (Å²) in [7, 11) is 2.03. The number of rotatable bonds is 2. The van der Waals surface area contributed by atoms with Crippen molar-refractivity contribution in [2.75, 3.05) is 0 Å². The van der Waals surface area contributed by atoms with Crippen molar-refractivity contribution in [3.8, 4) is 0 Å². The van der Waals surface area contributed by atoms with Gasteiger partial charge in [0.15, 0.2) is 0 Å². The topological polar surface area (TPSA) is 43.8 Å². The number of para-hydroxylation sites is 1. The van der Waals surface area contributed by atoms with Crippen molar-refractivity contribution < 1.29 is 0 Å². The second kappa shape index (κ2) is 3.66. The van der Waals surface area contributed by atoms with Crippen molar-refractivity contribution in [3.63, 3.8) is 0 Å². The van der Waals surface area contributed by atoms with E-state index in [1.807, 2.05) is 13.1 Å². The van der Waals surface area contributed by atoms with Crippen LogP contribution in [0.2, 0.25) is 0 Å². The molecule has 3 heteroatoms. The maximum absolute atomic E-state index is 5.66. The highest BCUT2D eigenvalue weighted by Gasteiger charge is 2.11. The highest BCUT2D eigenvalue weighted by Crippen LogP contribution is 2.25. The molecule has 1 heterocycles. The Morgan fingerprint density at radius 1 is 1.40 bits per heavy atom. The maximum atomic E-state index is 5.66. The molecule has 0 amide bonds. The van der Waals surface area contributed by atoms with Gasteiger partial charge in [-0.2, -0.15) is 0 Å². The summed E-state index contributed by atoms with van der Waals surface area (Å²) in [4.78, 5) is 4.51. The third kappa shape index (κ3) is 1.53. The predicted octanol–water partition coefficient (Wildman–Crippen LogP) is 2.16. The van der Waals surface area contributed by atoms with Gasteiger partial charge < -0.3 is 10.3 Å². The zero-order chi connectivity index (χ0) is 11.0. The van der Waals surface area contributed by atoms with Gasteiger partial charge in [-0.15, -0.1) is 0 Å². The van der Waals surface area contributed by atoms with E-state index >= 15 is 0 Å². The van der Waals surface area contributed by atoms with E-state index in [4.69, 9.17) is 5.73 Å². The zero-order valence-electron chi connectivity index (χ0n) is 9.49. The molecule has 80 valence electrons. The minimum atomic E-state index is 0.489. The van der Waals surface area contributed by atoms with Gasteiger partial charge >= 0.3 is 0 Å². The number of aryl methyl sites for hydroxylation is 1. The Bertz CT molecular complexity index is 483. The van der Waals surface area contributed by atoms with Crippen molar-refractivity contribution in [3.05, 3.63) is 29.6 Å². The Hall–Kier alpha value is -1.35. The predicted molar refractivity (Wildman–Crippen MR) is 62.7 cm³/mol. The molecule has 3 nitrogen and oxygen atoms in total. The van der Waals surface area contributed by atoms with Gasteiger partial charge in [0, 0.05) is 7.05 Å². The first-order chi connectivity index (χ1) is 7.15. The lowest BCUT2D eigenvalue weighted by atomic mass is 10.0. The van der Waals surface area contributed by atoms with Crippen molar-refractivity contribution >= 4 is 11.0 Å². The summed E-state index contributed by atoms with van der Waals surface area (Å²) in [5.41, 5.74) is 9.25. The van der Waals surface area contributed by atoms with Crippen LogP contribution < -0.4 is 5.73 Å². The molecule has 0 spiro atoms. The van der Waals surface area contributed by atoms with E-state index in [0.29, 0.717) is 12.5 Å². The van der Waals surface area contributed by atoms with Crippen LogP contribution in [-0.4, -0.2) is 9.55 Å². The van der Waals surface area contributed by atoms with E-state index in [2.05, 4.69) is 35.5 Å². The SMILES string of the molecule is CC(C)c1cccc2nc(CN)n(C)c12. The monoisotopic (exact) mass is 203 g/mol. The summed E-state index contributed by atoms with van der Waals surface area (Å²) in [6.07, 6.45) is 0. The van der Waals surface area contributed by atoms with Gasteiger partial charge in [-0.25, -0.2) is 4.98 Å². The molecule has 0 saturated carbocycles. The van der Waals surface area contributed by atoms with Crippen LogP contribution in [0.5, 0.6) is 0 Å². The molecule has 0 saturated heterocycles. The van der Waals surface area contributed by atoms with E-state index in [9.17, 15) is 0 Å². The van der Waals surface area contributed by atoms with Crippen LogP contribution >= 0.6 is 0 Å². The Morgan fingerprint density at radius 3 is 2.73 bits per heavy atom. The molecule has 0 bridgehead atoms. The average Bonchev–Trinajstić information content (AvgIpc) is 2.55. The van der Waals surface area contributed by atoms with Gasteiger partial charge in [0.05, 0.1) is 17.6 Å². The summed E-state index contributed by atoms with van der Waals surface area (Å²) in [5.74, 6) is 1.45. The molecule has 1 aromatic heterocycles. The Balaban J connectivity index is 2.78. The zero-order valence-corrected chi connectivity index (χ0v) is 9.49. The third-order valence-electron chi connectivity index (χ3n) is 2.82. The summed E-state index contributed by atoms with van der Waals surface area (Å²) >= 11 is 0. The molecule has 0 aliphatic rings. The average molecular weight is 203 g/mol. The molecule has 2 rings (SSSR count). The van der Waals surface area contributed by atoms with Crippen LogP contribution in [-0.2, 0) is 13.6 Å². The van der Waals surface area contributed by atoms with Gasteiger partial charge in [-0.1, -0.05) is 26.0 Å². The largest absolute Gasteiger partial charge is 0.330 e. The fourth-order valence-corrected chi connectivity index (χ4v) is 2.00. The van der Waals surface area contributed by atoms with Crippen LogP contribution in [0, 0.1) is 0 Å². The van der Waals surface area contributed by atoms with Crippen LogP contribution in [0.3, 0.4) is 0 Å². The van der Waals surface area contributed by atoms with Gasteiger partial charge in [0.2, 0.25) is 0 Å². The van der Waals surface area contributed by atoms with Crippen LogP contribution in [0.25, 0.3) is 11.0 Å². The van der Waals surface area contributed by atoms with Crippen molar-refractivity contribution in [2.45, 2.75) is 26.3 Å². The van der Waals surface area contributed by atoms with E-state index in [0.717, 1.165) is 11.3 Å². The van der Waals surface area contributed by atoms with Crippen molar-refractivity contribution in [1.82, 2.24) is 9.55 Å². The number of nitrogens with two attached hydrogens (primary N) is 1. The summed E-state index contributed by atoms with van der Waals surface area (Å²) in [6, 6.07) is 6.26. The number of nitrogens with zero attached hydrogens (tertiary/aromatic N) is 2. The highest BCUT2D eigenvalue weighted by atomic mass is 15.1. The smallest absolute Gasteiger partial charge is 0.123 e. The van der Waals surface area contributed by atoms with Crippen molar-refractivity contribution in [1.29, 1.82) is 0 Å². The quantitative estimate of drug-likeness (QED) is 0.812. The fourth-order valence-electron chi connectivity index (χ4n) is 2.00. The Kier molecular flexibility index (Phi) is 2.49. The third-order valence-corrected chi connectivity index (χ3v) is 2.82. The molecule has 0 fully saturated rings. The van der Waals surface area contributed by atoms with Crippen LogP contribution in [0.1, 0.15) is 31.2 Å². The first kappa shape index (κ1) is 10.2. The molecular weight excluding hydrogens is 186 g/mol. The van der Waals surface area contributed by atoms with Gasteiger partial charge in [0.1, 0.15) is 5.82 Å². The molecule has 0 unspecified atom stereocenters. The number of fused-ring (bicyclic) bond motifs is 1. The van der Waals surface area contributed by atoms with Crippen LogP contribution in [0.4, 0.5) is 0 Å². The van der Waals surface area contributed by atoms with E-state index < -0.39 is 0 Å². The maximum Gasteiger partial charge on any atom is 0.123 e. The molecule has 0 atom stereocenters. The number of hydrogen-bond acceptors (Lipinski definition) is 2. The molecule has 2 aromatic rings. The molecule has 15 heavy (non-hydrogen) atoms. The molecule has 2 N–H and O–H groups in total. The lowest BCUT2D eigenvalue weighted by molar-refractivity contribution is 0.799. The van der Waals surface area contributed by atoms with Gasteiger partial charge in [-0.3, -0.25) is 0 Å². The molecule has 0 aliphatic heterocycles. The first-order valence-corrected chi connectivity index (χ1v) is 5.29. The van der Waals surface area contributed by atoms with Crippen molar-refractivity contribution in [2.24, 2.45) is 12.8 Å². The second-order valence-electron chi connectivity index (χ2n) is 4.16.